The predicted molar refractivity (Wildman–Crippen MR) is 211 cm³/mol. The number of hydrogen-bond acceptors (Lipinski definition) is 1. The Morgan fingerprint density at radius 2 is 1.04 bits per heavy atom. The molecule has 0 N–H and O–H groups in total. The zero-order valence-corrected chi connectivity index (χ0v) is 30.3. The zero-order valence-electron chi connectivity index (χ0n) is 29.5. The lowest BCUT2D eigenvalue weighted by Gasteiger charge is -2.67. The lowest BCUT2D eigenvalue weighted by Crippen LogP contribution is -2.61. The number of para-hydroxylation sites is 2. The Bertz CT molecular complexity index is 2220. The molecule has 2 heteroatoms. The molecular weight excluding hydrogens is 623 g/mol. The molecule has 1 nitrogen and oxygen atoms in total. The number of thiophene rings is 1. The molecule has 254 valence electrons. The average Bonchev–Trinajstić information content (AvgIpc) is 3.73. The summed E-state index contributed by atoms with van der Waals surface area (Å²) >= 11 is 2.08. The van der Waals surface area contributed by atoms with Crippen LogP contribution >= 0.6 is 11.3 Å². The summed E-state index contributed by atoms with van der Waals surface area (Å²) in [4.78, 5) is 0. The minimum Gasteiger partial charge on any atom is -0.309 e. The first-order valence-corrected chi connectivity index (χ1v) is 21.6. The van der Waals surface area contributed by atoms with Crippen molar-refractivity contribution in [3.05, 3.63) is 90.5 Å². The summed E-state index contributed by atoms with van der Waals surface area (Å²) < 4.78 is 5.52. The van der Waals surface area contributed by atoms with Crippen molar-refractivity contribution in [2.45, 2.75) is 89.4 Å². The molecule has 0 aliphatic heterocycles. The number of benzene rings is 4. The maximum atomic E-state index is 2.55. The van der Waals surface area contributed by atoms with E-state index in [2.05, 4.69) is 101 Å². The van der Waals surface area contributed by atoms with Crippen molar-refractivity contribution in [3.63, 3.8) is 0 Å². The number of nitrogens with zero attached hydrogens (tertiary/aromatic N) is 1. The van der Waals surface area contributed by atoms with Gasteiger partial charge < -0.3 is 4.57 Å². The second-order valence-electron chi connectivity index (χ2n) is 18.0. The van der Waals surface area contributed by atoms with E-state index >= 15 is 0 Å². The average molecular weight is 674 g/mol. The Labute approximate surface area is 301 Å². The fourth-order valence-electron chi connectivity index (χ4n) is 15.0. The quantitative estimate of drug-likeness (QED) is 0.172. The van der Waals surface area contributed by atoms with Gasteiger partial charge in [-0.3, -0.25) is 0 Å². The molecule has 2 heterocycles. The third-order valence-corrected chi connectivity index (χ3v) is 17.6. The minimum atomic E-state index is 0.729. The lowest BCUT2D eigenvalue weighted by atomic mass is 9.37. The van der Waals surface area contributed by atoms with E-state index in [0.717, 1.165) is 65.1 Å². The highest BCUT2D eigenvalue weighted by Gasteiger charge is 2.62. The van der Waals surface area contributed by atoms with Gasteiger partial charge >= 0.3 is 0 Å². The van der Waals surface area contributed by atoms with Crippen LogP contribution in [0.1, 0.15) is 95.0 Å². The van der Waals surface area contributed by atoms with Crippen molar-refractivity contribution in [2.24, 2.45) is 59.2 Å². The Morgan fingerprint density at radius 1 is 0.460 bits per heavy atom. The van der Waals surface area contributed by atoms with E-state index in [1.807, 2.05) is 0 Å². The van der Waals surface area contributed by atoms with Gasteiger partial charge in [-0.1, -0.05) is 80.3 Å². The molecule has 6 aliphatic rings. The molecule has 0 saturated heterocycles. The van der Waals surface area contributed by atoms with Crippen molar-refractivity contribution >= 4 is 53.3 Å². The summed E-state index contributed by atoms with van der Waals surface area (Å²) in [5, 5.41) is 5.60. The van der Waals surface area contributed by atoms with Crippen molar-refractivity contribution in [1.29, 1.82) is 0 Å². The molecule has 4 aromatic carbocycles. The third-order valence-electron chi connectivity index (χ3n) is 16.4. The van der Waals surface area contributed by atoms with Crippen LogP contribution < -0.4 is 0 Å². The van der Waals surface area contributed by atoms with Gasteiger partial charge in [0.25, 0.3) is 0 Å². The zero-order chi connectivity index (χ0) is 32.5. The van der Waals surface area contributed by atoms with E-state index in [9.17, 15) is 0 Å². The molecule has 0 amide bonds. The summed E-state index contributed by atoms with van der Waals surface area (Å²) in [6.07, 6.45) is 20.0. The fourth-order valence-corrected chi connectivity index (χ4v) is 16.3. The molecule has 12 rings (SSSR count). The number of fused-ring (bicyclic) bond motifs is 12. The van der Waals surface area contributed by atoms with Gasteiger partial charge in [0.05, 0.1) is 11.0 Å². The van der Waals surface area contributed by atoms with E-state index in [1.165, 1.54) is 81.5 Å². The van der Waals surface area contributed by atoms with Crippen LogP contribution in [0.5, 0.6) is 0 Å². The smallest absolute Gasteiger partial charge is 0.0541 e. The van der Waals surface area contributed by atoms with Crippen LogP contribution in [0.15, 0.2) is 84.9 Å². The molecule has 11 unspecified atom stereocenters. The number of hydrogen-bond donors (Lipinski definition) is 0. The molecule has 2 aromatic heterocycles. The van der Waals surface area contributed by atoms with E-state index in [-0.39, 0.29) is 0 Å². The van der Waals surface area contributed by atoms with Gasteiger partial charge in [0.15, 0.2) is 0 Å². The summed E-state index contributed by atoms with van der Waals surface area (Å²) in [5.41, 5.74) is 5.56. The van der Waals surface area contributed by atoms with E-state index < -0.39 is 0 Å². The van der Waals surface area contributed by atoms with Crippen LogP contribution in [0.3, 0.4) is 0 Å². The standard InChI is InChI=1S/C48H51NS/c1-2-11-32-31(10-1)36-15-8-17-38-33-24-22-28(26-41(33)39-18-9-16-37(32)47(39)46(36)38)30-14-7-19-40-42-27-29(23-25-45(42)50-48(30)40)49-43-20-5-3-12-34(43)35-13-4-6-21-44(35)49/h3-7,12-14,19-21,23,25,27-28,31-33,36-39,41,46-47H,1-2,8-11,15-18,22,24,26H2. The third kappa shape index (κ3) is 4.07. The van der Waals surface area contributed by atoms with Gasteiger partial charge in [0, 0.05) is 36.6 Å². The second kappa shape index (κ2) is 11.2. The molecule has 6 saturated carbocycles. The maximum absolute atomic E-state index is 2.55. The second-order valence-corrected chi connectivity index (χ2v) is 19.1. The fraction of sp³-hybridized carbons (Fsp3) is 0.500. The highest BCUT2D eigenvalue weighted by Crippen LogP contribution is 2.69. The van der Waals surface area contributed by atoms with Crippen molar-refractivity contribution < 1.29 is 0 Å². The predicted octanol–water partition coefficient (Wildman–Crippen LogP) is 13.6. The van der Waals surface area contributed by atoms with Crippen LogP contribution in [-0.4, -0.2) is 4.57 Å². The van der Waals surface area contributed by atoms with Gasteiger partial charge in [-0.25, -0.2) is 0 Å². The first-order valence-electron chi connectivity index (χ1n) is 20.8. The largest absolute Gasteiger partial charge is 0.309 e. The maximum Gasteiger partial charge on any atom is 0.0541 e. The molecular formula is C48H51NS. The molecule has 50 heavy (non-hydrogen) atoms. The van der Waals surface area contributed by atoms with Crippen molar-refractivity contribution in [2.75, 3.05) is 0 Å². The van der Waals surface area contributed by atoms with Crippen LogP contribution in [0.25, 0.3) is 47.7 Å². The van der Waals surface area contributed by atoms with E-state index in [0.29, 0.717) is 0 Å². The summed E-state index contributed by atoms with van der Waals surface area (Å²) in [7, 11) is 0. The molecule has 6 fully saturated rings. The first-order chi connectivity index (χ1) is 24.8. The molecule has 0 radical (unpaired) electrons. The van der Waals surface area contributed by atoms with Gasteiger partial charge in [-0.2, -0.15) is 0 Å². The topological polar surface area (TPSA) is 4.93 Å². The van der Waals surface area contributed by atoms with Crippen LogP contribution in [0.2, 0.25) is 0 Å². The highest BCUT2D eigenvalue weighted by atomic mass is 32.1. The Balaban J connectivity index is 0.924. The van der Waals surface area contributed by atoms with Gasteiger partial charge in [-0.05, 0) is 159 Å². The minimum absolute atomic E-state index is 0.729. The van der Waals surface area contributed by atoms with Gasteiger partial charge in [-0.15, -0.1) is 11.3 Å². The summed E-state index contributed by atoms with van der Waals surface area (Å²) in [5.74, 6) is 11.4. The Morgan fingerprint density at radius 3 is 1.72 bits per heavy atom. The first kappa shape index (κ1) is 29.5. The van der Waals surface area contributed by atoms with Crippen molar-refractivity contribution in [3.8, 4) is 5.69 Å². The summed E-state index contributed by atoms with van der Waals surface area (Å²) in [6.45, 7) is 0. The van der Waals surface area contributed by atoms with Crippen LogP contribution in [0, 0.1) is 59.2 Å². The number of rotatable bonds is 2. The SMILES string of the molecule is c1cc(C2CCC3C(C2)C2CCCC4C5CCCCC5C5CCCC3C5C42)c2sc3ccc(-n4c5ccccc5c5ccccc54)cc3c2c1. The Hall–Kier alpha value is -3.10. The molecule has 6 aromatic rings. The molecule has 0 spiro atoms. The normalized spacial score (nSPS) is 36.4. The van der Waals surface area contributed by atoms with Gasteiger partial charge in [0.2, 0.25) is 0 Å². The van der Waals surface area contributed by atoms with E-state index in [4.69, 9.17) is 0 Å². The highest BCUT2D eigenvalue weighted by molar-refractivity contribution is 7.26. The number of aromatic nitrogens is 1. The van der Waals surface area contributed by atoms with Crippen LogP contribution in [0.4, 0.5) is 0 Å². The van der Waals surface area contributed by atoms with Crippen LogP contribution in [-0.2, 0) is 0 Å². The molecule has 11 atom stereocenters. The lowest BCUT2D eigenvalue weighted by molar-refractivity contribution is -0.188. The monoisotopic (exact) mass is 673 g/mol. The molecule has 0 bridgehead atoms. The van der Waals surface area contributed by atoms with Gasteiger partial charge in [0.1, 0.15) is 0 Å². The van der Waals surface area contributed by atoms with E-state index in [1.54, 1.807) is 55.2 Å². The Kier molecular flexibility index (Phi) is 6.60. The van der Waals surface area contributed by atoms with Crippen molar-refractivity contribution in [1.82, 2.24) is 4.57 Å². The summed E-state index contributed by atoms with van der Waals surface area (Å²) in [6, 6.07) is 32.5. The molecule has 6 aliphatic carbocycles.